The van der Waals surface area contributed by atoms with Crippen LogP contribution in [0.3, 0.4) is 0 Å². The van der Waals surface area contributed by atoms with E-state index in [-0.39, 0.29) is 16.9 Å². The van der Waals surface area contributed by atoms with Gasteiger partial charge in [-0.2, -0.15) is 0 Å². The zero-order chi connectivity index (χ0) is 20.2. The van der Waals surface area contributed by atoms with E-state index in [1.165, 1.54) is 12.1 Å². The average Bonchev–Trinajstić information content (AvgIpc) is 2.75. The predicted molar refractivity (Wildman–Crippen MR) is 112 cm³/mol. The van der Waals surface area contributed by atoms with Crippen molar-refractivity contribution in [3.05, 3.63) is 100 Å². The Labute approximate surface area is 166 Å². The topological polar surface area (TPSA) is 74.0 Å². The summed E-state index contributed by atoms with van der Waals surface area (Å²) in [4.78, 5) is 28.7. The minimum Gasteiger partial charge on any atom is -0.353 e. The second-order valence-corrected chi connectivity index (χ2v) is 6.55. The molecule has 144 valence electrons. The zero-order valence-corrected chi connectivity index (χ0v) is 15.4. The molecule has 0 radical (unpaired) electrons. The number of anilines is 1. The fourth-order valence-electron chi connectivity index (χ4n) is 3.12. The molecule has 0 atom stereocenters. The molecule has 0 spiro atoms. The number of urea groups is 1. The number of amides is 2. The molecule has 0 aliphatic heterocycles. The SMILES string of the molecule is O=C(NCc1ccccc1)Nc1c(-c2ccc(F)cc2)[nH]c2ccccc2c1=O. The second kappa shape index (κ2) is 7.98. The minimum absolute atomic E-state index is 0.112. The van der Waals surface area contributed by atoms with Crippen LogP contribution < -0.4 is 16.1 Å². The highest BCUT2D eigenvalue weighted by atomic mass is 19.1. The molecular weight excluding hydrogens is 369 g/mol. The summed E-state index contributed by atoms with van der Waals surface area (Å²) < 4.78 is 13.4. The third kappa shape index (κ3) is 4.01. The van der Waals surface area contributed by atoms with Crippen molar-refractivity contribution in [2.75, 3.05) is 5.32 Å². The fraction of sp³-hybridized carbons (Fsp3) is 0.0435. The Kier molecular flexibility index (Phi) is 5.07. The Morgan fingerprint density at radius 1 is 0.897 bits per heavy atom. The molecule has 0 aliphatic carbocycles. The van der Waals surface area contributed by atoms with Crippen LogP contribution in [0.2, 0.25) is 0 Å². The van der Waals surface area contributed by atoms with Crippen molar-refractivity contribution in [3.8, 4) is 11.3 Å². The van der Waals surface area contributed by atoms with E-state index >= 15 is 0 Å². The van der Waals surface area contributed by atoms with E-state index in [1.54, 1.807) is 30.3 Å². The van der Waals surface area contributed by atoms with Crippen molar-refractivity contribution in [2.45, 2.75) is 6.54 Å². The number of halogens is 1. The highest BCUT2D eigenvalue weighted by Gasteiger charge is 2.16. The number of H-pyrrole nitrogens is 1. The largest absolute Gasteiger partial charge is 0.353 e. The van der Waals surface area contributed by atoms with Crippen LogP contribution in [-0.2, 0) is 6.54 Å². The Hall–Kier alpha value is -3.93. The van der Waals surface area contributed by atoms with Crippen LogP contribution >= 0.6 is 0 Å². The Morgan fingerprint density at radius 3 is 2.34 bits per heavy atom. The first kappa shape index (κ1) is 18.4. The zero-order valence-electron chi connectivity index (χ0n) is 15.4. The molecule has 3 aromatic carbocycles. The Morgan fingerprint density at radius 2 is 1.59 bits per heavy atom. The smallest absolute Gasteiger partial charge is 0.319 e. The van der Waals surface area contributed by atoms with Gasteiger partial charge in [0.2, 0.25) is 5.43 Å². The molecule has 2 amide bonds. The van der Waals surface area contributed by atoms with Gasteiger partial charge in [0, 0.05) is 23.0 Å². The number of nitrogens with one attached hydrogen (secondary N) is 3. The molecule has 0 saturated heterocycles. The van der Waals surface area contributed by atoms with Crippen molar-refractivity contribution in [3.63, 3.8) is 0 Å². The van der Waals surface area contributed by atoms with Crippen molar-refractivity contribution in [2.24, 2.45) is 0 Å². The lowest BCUT2D eigenvalue weighted by molar-refractivity contribution is 0.251. The van der Waals surface area contributed by atoms with E-state index < -0.39 is 6.03 Å². The van der Waals surface area contributed by atoms with Crippen molar-refractivity contribution in [1.82, 2.24) is 10.3 Å². The normalized spacial score (nSPS) is 10.7. The Balaban J connectivity index is 1.70. The molecule has 1 aromatic heterocycles. The van der Waals surface area contributed by atoms with E-state index in [9.17, 15) is 14.0 Å². The summed E-state index contributed by atoms with van der Waals surface area (Å²) in [6, 6.07) is 21.7. The van der Waals surface area contributed by atoms with Crippen LogP contribution in [-0.4, -0.2) is 11.0 Å². The summed E-state index contributed by atoms with van der Waals surface area (Å²) >= 11 is 0. The van der Waals surface area contributed by atoms with Crippen molar-refractivity contribution in [1.29, 1.82) is 0 Å². The van der Waals surface area contributed by atoms with Crippen LogP contribution in [0.1, 0.15) is 5.56 Å². The minimum atomic E-state index is -0.502. The van der Waals surface area contributed by atoms with E-state index in [0.717, 1.165) is 5.56 Å². The molecule has 29 heavy (non-hydrogen) atoms. The summed E-state index contributed by atoms with van der Waals surface area (Å²) in [5, 5.41) is 5.87. The van der Waals surface area contributed by atoms with Crippen LogP contribution in [0.5, 0.6) is 0 Å². The standard InChI is InChI=1S/C23H18FN3O2/c24-17-12-10-16(11-13-17)20-21(22(28)18-8-4-5-9-19(18)26-20)27-23(29)25-14-15-6-2-1-3-7-15/h1-13H,14H2,(H,26,28)(H2,25,27,29). The van der Waals surface area contributed by atoms with Gasteiger partial charge >= 0.3 is 6.03 Å². The molecule has 0 saturated carbocycles. The molecule has 5 nitrogen and oxygen atoms in total. The van der Waals surface area contributed by atoms with Crippen LogP contribution in [0.4, 0.5) is 14.9 Å². The highest BCUT2D eigenvalue weighted by molar-refractivity contribution is 5.97. The van der Waals surface area contributed by atoms with E-state index in [0.29, 0.717) is 28.7 Å². The molecule has 1 heterocycles. The summed E-state index contributed by atoms with van der Waals surface area (Å²) in [5.74, 6) is -0.382. The number of carbonyl (C=O) groups excluding carboxylic acids is 1. The van der Waals surface area contributed by atoms with Gasteiger partial charge < -0.3 is 15.6 Å². The van der Waals surface area contributed by atoms with E-state index in [1.807, 2.05) is 36.4 Å². The number of pyridine rings is 1. The maximum atomic E-state index is 13.4. The van der Waals surface area contributed by atoms with E-state index in [2.05, 4.69) is 15.6 Å². The fourth-order valence-corrected chi connectivity index (χ4v) is 3.12. The number of fused-ring (bicyclic) bond motifs is 1. The first-order valence-electron chi connectivity index (χ1n) is 9.11. The van der Waals surface area contributed by atoms with Gasteiger partial charge in [-0.15, -0.1) is 0 Å². The van der Waals surface area contributed by atoms with Crippen molar-refractivity contribution < 1.29 is 9.18 Å². The summed E-state index contributed by atoms with van der Waals surface area (Å²) in [5.41, 5.74) is 2.38. The van der Waals surface area contributed by atoms with Gasteiger partial charge in [0.15, 0.2) is 0 Å². The highest BCUT2D eigenvalue weighted by Crippen LogP contribution is 2.26. The first-order chi connectivity index (χ1) is 14.1. The predicted octanol–water partition coefficient (Wildman–Crippen LogP) is 4.66. The quantitative estimate of drug-likeness (QED) is 0.477. The molecule has 0 unspecified atom stereocenters. The average molecular weight is 387 g/mol. The molecule has 4 aromatic rings. The van der Waals surface area contributed by atoms with Gasteiger partial charge in [0.25, 0.3) is 0 Å². The van der Waals surface area contributed by atoms with Crippen LogP contribution in [0.25, 0.3) is 22.2 Å². The summed E-state index contributed by atoms with van der Waals surface area (Å²) in [6.07, 6.45) is 0. The first-order valence-corrected chi connectivity index (χ1v) is 9.11. The number of benzene rings is 3. The summed E-state index contributed by atoms with van der Waals surface area (Å²) in [6.45, 7) is 0.323. The van der Waals surface area contributed by atoms with Gasteiger partial charge in [-0.1, -0.05) is 42.5 Å². The maximum absolute atomic E-state index is 13.4. The lowest BCUT2D eigenvalue weighted by Crippen LogP contribution is -2.31. The third-order valence-electron chi connectivity index (χ3n) is 4.58. The molecule has 0 bridgehead atoms. The van der Waals surface area contributed by atoms with Gasteiger partial charge in [-0.05, 0) is 42.0 Å². The number of para-hydroxylation sites is 1. The Bertz CT molecular complexity index is 1220. The van der Waals surface area contributed by atoms with Gasteiger partial charge in [0.1, 0.15) is 11.5 Å². The second-order valence-electron chi connectivity index (χ2n) is 6.55. The number of rotatable bonds is 4. The third-order valence-corrected chi connectivity index (χ3v) is 4.58. The number of carbonyl (C=O) groups is 1. The number of hydrogen-bond donors (Lipinski definition) is 3. The van der Waals surface area contributed by atoms with Gasteiger partial charge in [-0.25, -0.2) is 9.18 Å². The maximum Gasteiger partial charge on any atom is 0.319 e. The van der Waals surface area contributed by atoms with Gasteiger partial charge in [-0.3, -0.25) is 4.79 Å². The van der Waals surface area contributed by atoms with E-state index in [4.69, 9.17) is 0 Å². The number of aromatic nitrogens is 1. The summed E-state index contributed by atoms with van der Waals surface area (Å²) in [7, 11) is 0. The monoisotopic (exact) mass is 387 g/mol. The van der Waals surface area contributed by atoms with Crippen molar-refractivity contribution >= 4 is 22.6 Å². The van der Waals surface area contributed by atoms with Crippen LogP contribution in [0, 0.1) is 5.82 Å². The molecule has 3 N–H and O–H groups in total. The molecule has 0 aliphatic rings. The molecule has 6 heteroatoms. The molecular formula is C23H18FN3O2. The van der Waals surface area contributed by atoms with Gasteiger partial charge in [0.05, 0.1) is 5.69 Å². The lowest BCUT2D eigenvalue weighted by atomic mass is 10.1. The molecule has 0 fully saturated rings. The lowest BCUT2D eigenvalue weighted by Gasteiger charge is -2.13. The number of aromatic amines is 1. The molecule has 4 rings (SSSR count). The van der Waals surface area contributed by atoms with Crippen LogP contribution in [0.15, 0.2) is 83.7 Å². The number of hydrogen-bond acceptors (Lipinski definition) is 2.